The van der Waals surface area contributed by atoms with E-state index >= 15 is 0 Å². The number of nitrogens with zero attached hydrogens (tertiary/aromatic N) is 2. The molecule has 0 bridgehead atoms. The van der Waals surface area contributed by atoms with Gasteiger partial charge in [-0.15, -0.1) is 0 Å². The van der Waals surface area contributed by atoms with E-state index in [1.165, 1.54) is 12.0 Å². The molecule has 5 heteroatoms. The lowest BCUT2D eigenvalue weighted by Gasteiger charge is -2.58. The van der Waals surface area contributed by atoms with E-state index in [9.17, 15) is 4.79 Å². The van der Waals surface area contributed by atoms with Gasteiger partial charge in [-0.1, -0.05) is 6.07 Å². The van der Waals surface area contributed by atoms with Crippen LogP contribution in [0.3, 0.4) is 0 Å². The molecule has 3 heterocycles. The van der Waals surface area contributed by atoms with Gasteiger partial charge in [0.25, 0.3) is 0 Å². The highest BCUT2D eigenvalue weighted by molar-refractivity contribution is 5.71. The third-order valence-corrected chi connectivity index (χ3v) is 5.46. The summed E-state index contributed by atoms with van der Waals surface area (Å²) < 4.78 is 0. The van der Waals surface area contributed by atoms with E-state index in [-0.39, 0.29) is 5.92 Å². The van der Waals surface area contributed by atoms with Crippen molar-refractivity contribution in [3.63, 3.8) is 0 Å². The lowest BCUT2D eigenvalue weighted by Crippen LogP contribution is -2.63. The minimum absolute atomic E-state index is 0.0875. The molecule has 5 nitrogen and oxygen atoms in total. The Morgan fingerprint density at radius 2 is 2.23 bits per heavy atom. The van der Waals surface area contributed by atoms with Crippen LogP contribution in [0.5, 0.6) is 0 Å². The fourth-order valence-electron chi connectivity index (χ4n) is 4.26. The largest absolute Gasteiger partial charge is 0.481 e. The quantitative estimate of drug-likeness (QED) is 0.887. The van der Waals surface area contributed by atoms with Crippen molar-refractivity contribution in [2.45, 2.75) is 32.1 Å². The van der Waals surface area contributed by atoms with Gasteiger partial charge in [0.2, 0.25) is 0 Å². The lowest BCUT2D eigenvalue weighted by molar-refractivity contribution is -0.160. The average molecular weight is 301 g/mol. The number of carboxylic acid groups (broad SMARTS) is 1. The first-order chi connectivity index (χ1) is 10.6. The van der Waals surface area contributed by atoms with Crippen LogP contribution in [-0.4, -0.2) is 47.1 Å². The van der Waals surface area contributed by atoms with Crippen LogP contribution < -0.4 is 5.32 Å². The molecular weight excluding hydrogens is 278 g/mol. The average Bonchev–Trinajstić information content (AvgIpc) is 2.43. The Kier molecular flexibility index (Phi) is 3.33. The number of aliphatic carboxylic acids is 1. The van der Waals surface area contributed by atoms with E-state index in [2.05, 4.69) is 22.3 Å². The third kappa shape index (κ3) is 2.47. The standard InChI is InChI=1S/C17H23N3O2/c21-16(22)13-8-17(9-13)10-20(11-17)7-5-14-4-3-12-2-1-6-18-15(12)19-14/h3-4,13H,1-2,5-11H2,(H,18,19)(H,21,22). The molecule has 1 saturated carbocycles. The molecule has 22 heavy (non-hydrogen) atoms. The maximum atomic E-state index is 10.9. The molecule has 2 fully saturated rings. The molecule has 0 radical (unpaired) electrons. The summed E-state index contributed by atoms with van der Waals surface area (Å²) in [6.45, 7) is 4.20. The normalized spacial score (nSPS) is 23.3. The Morgan fingerprint density at radius 3 is 3.00 bits per heavy atom. The van der Waals surface area contributed by atoms with Crippen LogP contribution in [0.15, 0.2) is 12.1 Å². The molecule has 2 N–H and O–H groups in total. The molecule has 0 atom stereocenters. The number of likely N-dealkylation sites (tertiary alicyclic amines) is 1. The van der Waals surface area contributed by atoms with Crippen molar-refractivity contribution >= 4 is 11.8 Å². The van der Waals surface area contributed by atoms with Gasteiger partial charge in [0.05, 0.1) is 5.92 Å². The van der Waals surface area contributed by atoms with Crippen molar-refractivity contribution in [2.75, 3.05) is 31.5 Å². The van der Waals surface area contributed by atoms with Crippen LogP contribution >= 0.6 is 0 Å². The van der Waals surface area contributed by atoms with Gasteiger partial charge in [-0.25, -0.2) is 4.98 Å². The molecule has 4 rings (SSSR count). The Bertz CT molecular complexity index is 588. The number of carbonyl (C=O) groups is 1. The van der Waals surface area contributed by atoms with E-state index in [1.54, 1.807) is 0 Å². The number of carboxylic acids is 1. The van der Waals surface area contributed by atoms with Gasteiger partial charge in [-0.05, 0) is 42.7 Å². The molecule has 0 amide bonds. The second-order valence-electron chi connectivity index (χ2n) is 7.24. The van der Waals surface area contributed by atoms with Gasteiger partial charge in [-0.2, -0.15) is 0 Å². The number of hydrogen-bond acceptors (Lipinski definition) is 4. The zero-order chi connectivity index (χ0) is 15.2. The molecule has 2 aliphatic heterocycles. The van der Waals surface area contributed by atoms with Crippen molar-refractivity contribution in [2.24, 2.45) is 11.3 Å². The zero-order valence-corrected chi connectivity index (χ0v) is 12.8. The third-order valence-electron chi connectivity index (χ3n) is 5.46. The zero-order valence-electron chi connectivity index (χ0n) is 12.8. The minimum Gasteiger partial charge on any atom is -0.481 e. The second kappa shape index (κ2) is 5.23. The van der Waals surface area contributed by atoms with Crippen LogP contribution in [0.4, 0.5) is 5.82 Å². The fraction of sp³-hybridized carbons (Fsp3) is 0.647. The smallest absolute Gasteiger partial charge is 0.306 e. The summed E-state index contributed by atoms with van der Waals surface area (Å²) in [6.07, 6.45) is 5.06. The number of rotatable bonds is 4. The van der Waals surface area contributed by atoms with Crippen LogP contribution in [0.2, 0.25) is 0 Å². The van der Waals surface area contributed by atoms with Crippen LogP contribution in [-0.2, 0) is 17.6 Å². The summed E-state index contributed by atoms with van der Waals surface area (Å²) in [4.78, 5) is 18.1. The summed E-state index contributed by atoms with van der Waals surface area (Å²) in [7, 11) is 0. The number of aromatic nitrogens is 1. The summed E-state index contributed by atoms with van der Waals surface area (Å²) >= 11 is 0. The number of hydrogen-bond donors (Lipinski definition) is 2. The van der Waals surface area contributed by atoms with Crippen molar-refractivity contribution in [1.29, 1.82) is 0 Å². The minimum atomic E-state index is -0.616. The Balaban J connectivity index is 1.26. The van der Waals surface area contributed by atoms with Crippen LogP contribution in [0, 0.1) is 11.3 Å². The van der Waals surface area contributed by atoms with Crippen molar-refractivity contribution in [3.05, 3.63) is 23.4 Å². The molecule has 1 spiro atoms. The monoisotopic (exact) mass is 301 g/mol. The first-order valence-electron chi connectivity index (χ1n) is 8.31. The molecule has 0 aromatic carbocycles. The maximum absolute atomic E-state index is 10.9. The molecule has 0 unspecified atom stereocenters. The topological polar surface area (TPSA) is 65.5 Å². The van der Waals surface area contributed by atoms with Gasteiger partial charge in [0.15, 0.2) is 0 Å². The van der Waals surface area contributed by atoms with Gasteiger partial charge >= 0.3 is 5.97 Å². The molecule has 118 valence electrons. The Morgan fingerprint density at radius 1 is 1.41 bits per heavy atom. The first kappa shape index (κ1) is 14.0. The molecule has 1 aromatic heterocycles. The Hall–Kier alpha value is -1.62. The van der Waals surface area contributed by atoms with Crippen molar-refractivity contribution < 1.29 is 9.90 Å². The predicted molar refractivity (Wildman–Crippen MR) is 84.0 cm³/mol. The number of nitrogens with one attached hydrogen (secondary N) is 1. The van der Waals surface area contributed by atoms with E-state index in [4.69, 9.17) is 10.1 Å². The fourth-order valence-corrected chi connectivity index (χ4v) is 4.26. The van der Waals surface area contributed by atoms with E-state index in [1.807, 2.05) is 0 Å². The van der Waals surface area contributed by atoms with Gasteiger partial charge < -0.3 is 15.3 Å². The van der Waals surface area contributed by atoms with Gasteiger partial charge in [0, 0.05) is 38.3 Å². The molecule has 1 saturated heterocycles. The second-order valence-corrected chi connectivity index (χ2v) is 7.24. The number of fused-ring (bicyclic) bond motifs is 1. The van der Waals surface area contributed by atoms with Crippen molar-refractivity contribution in [1.82, 2.24) is 9.88 Å². The maximum Gasteiger partial charge on any atom is 0.306 e. The molecule has 1 aliphatic carbocycles. The summed E-state index contributed by atoms with van der Waals surface area (Å²) in [6, 6.07) is 4.37. The summed E-state index contributed by atoms with van der Waals surface area (Å²) in [5.41, 5.74) is 2.83. The molecule has 1 aromatic rings. The highest BCUT2D eigenvalue weighted by Crippen LogP contribution is 2.51. The highest BCUT2D eigenvalue weighted by atomic mass is 16.4. The highest BCUT2D eigenvalue weighted by Gasteiger charge is 2.54. The van der Waals surface area contributed by atoms with E-state index in [0.717, 1.165) is 63.4 Å². The number of anilines is 1. The van der Waals surface area contributed by atoms with Gasteiger partial charge in [-0.3, -0.25) is 4.79 Å². The predicted octanol–water partition coefficient (Wildman–Crippen LogP) is 1.78. The lowest BCUT2D eigenvalue weighted by atomic mass is 9.58. The van der Waals surface area contributed by atoms with Gasteiger partial charge in [0.1, 0.15) is 5.82 Å². The molecule has 3 aliphatic rings. The van der Waals surface area contributed by atoms with Crippen LogP contribution in [0.25, 0.3) is 0 Å². The first-order valence-corrected chi connectivity index (χ1v) is 8.31. The number of pyridine rings is 1. The number of aryl methyl sites for hydroxylation is 1. The van der Waals surface area contributed by atoms with E-state index in [0.29, 0.717) is 5.41 Å². The SMILES string of the molecule is O=C(O)C1CC2(C1)CN(CCc1ccc3c(n1)NCCC3)C2. The molecular formula is C17H23N3O2. The Labute approximate surface area is 130 Å². The summed E-state index contributed by atoms with van der Waals surface area (Å²) in [5.74, 6) is 0.373. The van der Waals surface area contributed by atoms with Crippen molar-refractivity contribution in [3.8, 4) is 0 Å². The summed E-state index contributed by atoms with van der Waals surface area (Å²) in [5, 5.41) is 12.4. The van der Waals surface area contributed by atoms with E-state index < -0.39 is 5.97 Å². The van der Waals surface area contributed by atoms with Crippen LogP contribution in [0.1, 0.15) is 30.5 Å².